The van der Waals surface area contributed by atoms with Crippen molar-refractivity contribution in [2.75, 3.05) is 51.8 Å². The summed E-state index contributed by atoms with van der Waals surface area (Å²) in [5, 5.41) is 0.842. The molecule has 0 N–H and O–H groups in total. The third-order valence-corrected chi connectivity index (χ3v) is 8.78. The average Bonchev–Trinajstić information content (AvgIpc) is 3.46. The Balaban J connectivity index is 1.04. The molecule has 0 spiro atoms. The molecule has 0 bridgehead atoms. The SMILES string of the molecule is COc1ccc(C=CCN2CCN(C(=O)c3cc4cc(Oc5ccc(N(C)C(=O)c6ccc(C(F)(F)F)cc6)cn5)ccc4n3C)CC2)cc1. The molecule has 0 unspecified atom stereocenters. The number of rotatable bonds is 9. The van der Waals surface area contributed by atoms with Crippen LogP contribution >= 0.6 is 0 Å². The van der Waals surface area contributed by atoms with Crippen LogP contribution < -0.4 is 14.4 Å². The molecule has 1 fully saturated rings. The summed E-state index contributed by atoms with van der Waals surface area (Å²) in [6.45, 7) is 3.65. The fraction of sp³-hybridized carbons (Fsp3) is 0.237. The number of carbonyl (C=O) groups excluding carboxylic acids is 2. The number of amides is 2. The van der Waals surface area contributed by atoms with Crippen LogP contribution in [-0.2, 0) is 13.2 Å². The summed E-state index contributed by atoms with van der Waals surface area (Å²) >= 11 is 0. The molecule has 1 aliphatic rings. The van der Waals surface area contributed by atoms with Gasteiger partial charge in [-0.05, 0) is 72.3 Å². The van der Waals surface area contributed by atoms with Gasteiger partial charge in [-0.25, -0.2) is 4.98 Å². The molecular formula is C38H36F3N5O4. The molecule has 1 saturated heterocycles. The largest absolute Gasteiger partial charge is 0.497 e. The van der Waals surface area contributed by atoms with E-state index in [0.29, 0.717) is 30.2 Å². The van der Waals surface area contributed by atoms with Gasteiger partial charge in [0.25, 0.3) is 11.8 Å². The highest BCUT2D eigenvalue weighted by Crippen LogP contribution is 2.30. The second-order valence-electron chi connectivity index (χ2n) is 12.0. The first kappa shape index (κ1) is 34.3. The first-order valence-corrected chi connectivity index (χ1v) is 16.0. The number of aromatic nitrogens is 2. The smallest absolute Gasteiger partial charge is 0.416 e. The molecule has 2 aromatic heterocycles. The van der Waals surface area contributed by atoms with Crippen LogP contribution in [0.1, 0.15) is 32.0 Å². The van der Waals surface area contributed by atoms with E-state index in [2.05, 4.69) is 22.0 Å². The number of methoxy groups -OCH3 is 1. The number of carbonyl (C=O) groups is 2. The monoisotopic (exact) mass is 683 g/mol. The second kappa shape index (κ2) is 14.5. The number of aryl methyl sites for hydroxylation is 1. The lowest BCUT2D eigenvalue weighted by atomic mass is 10.1. The molecule has 0 aliphatic carbocycles. The van der Waals surface area contributed by atoms with E-state index in [1.807, 2.05) is 59.0 Å². The number of piperazine rings is 1. The summed E-state index contributed by atoms with van der Waals surface area (Å²) < 4.78 is 51.7. The minimum absolute atomic E-state index is 0.0215. The molecule has 1 aliphatic heterocycles. The van der Waals surface area contributed by atoms with Gasteiger partial charge in [0, 0.05) is 69.4 Å². The molecule has 3 aromatic carbocycles. The van der Waals surface area contributed by atoms with Gasteiger partial charge in [-0.1, -0.05) is 24.3 Å². The minimum atomic E-state index is -4.48. The van der Waals surface area contributed by atoms with Crippen LogP contribution in [0.5, 0.6) is 17.4 Å². The fourth-order valence-corrected chi connectivity index (χ4v) is 5.81. The Labute approximate surface area is 287 Å². The van der Waals surface area contributed by atoms with Crippen molar-refractivity contribution >= 4 is 34.5 Å². The van der Waals surface area contributed by atoms with Gasteiger partial charge in [-0.15, -0.1) is 0 Å². The van der Waals surface area contributed by atoms with Crippen LogP contribution in [0, 0.1) is 0 Å². The maximum atomic E-state index is 13.6. The molecule has 50 heavy (non-hydrogen) atoms. The van der Waals surface area contributed by atoms with Gasteiger partial charge in [0.2, 0.25) is 5.88 Å². The van der Waals surface area contributed by atoms with Gasteiger partial charge in [-0.3, -0.25) is 14.5 Å². The first-order chi connectivity index (χ1) is 24.0. The molecule has 3 heterocycles. The molecule has 12 heteroatoms. The molecule has 258 valence electrons. The molecule has 6 rings (SSSR count). The predicted octanol–water partition coefficient (Wildman–Crippen LogP) is 7.14. The Morgan fingerprint density at radius 2 is 1.60 bits per heavy atom. The Morgan fingerprint density at radius 3 is 2.24 bits per heavy atom. The van der Waals surface area contributed by atoms with Gasteiger partial charge >= 0.3 is 6.18 Å². The zero-order valence-corrected chi connectivity index (χ0v) is 27.9. The van der Waals surface area contributed by atoms with Crippen molar-refractivity contribution in [1.82, 2.24) is 19.4 Å². The zero-order valence-electron chi connectivity index (χ0n) is 27.9. The number of fused-ring (bicyclic) bond motifs is 1. The van der Waals surface area contributed by atoms with Crippen molar-refractivity contribution in [3.63, 3.8) is 0 Å². The van der Waals surface area contributed by atoms with E-state index in [9.17, 15) is 22.8 Å². The lowest BCUT2D eigenvalue weighted by molar-refractivity contribution is -0.137. The summed E-state index contributed by atoms with van der Waals surface area (Å²) in [4.78, 5) is 36.2. The number of hydrogen-bond donors (Lipinski definition) is 0. The first-order valence-electron chi connectivity index (χ1n) is 16.0. The normalized spacial score (nSPS) is 13.9. The van der Waals surface area contributed by atoms with Crippen LogP contribution in [-0.4, -0.2) is 78.0 Å². The Hall–Kier alpha value is -5.62. The van der Waals surface area contributed by atoms with E-state index in [1.54, 1.807) is 25.3 Å². The maximum Gasteiger partial charge on any atom is 0.416 e. The van der Waals surface area contributed by atoms with E-state index < -0.39 is 17.6 Å². The number of benzene rings is 3. The Kier molecular flexibility index (Phi) is 9.91. The zero-order chi connectivity index (χ0) is 35.4. The quantitative estimate of drug-likeness (QED) is 0.164. The van der Waals surface area contributed by atoms with E-state index in [0.717, 1.165) is 66.1 Å². The highest BCUT2D eigenvalue weighted by Gasteiger charge is 2.30. The highest BCUT2D eigenvalue weighted by molar-refractivity contribution is 6.05. The van der Waals surface area contributed by atoms with Crippen molar-refractivity contribution in [1.29, 1.82) is 0 Å². The van der Waals surface area contributed by atoms with Crippen molar-refractivity contribution in [3.8, 4) is 17.4 Å². The molecule has 0 saturated carbocycles. The predicted molar refractivity (Wildman–Crippen MR) is 186 cm³/mol. The number of halogens is 3. The van der Waals surface area contributed by atoms with Gasteiger partial charge in [0.05, 0.1) is 24.6 Å². The fourth-order valence-electron chi connectivity index (χ4n) is 5.81. The van der Waals surface area contributed by atoms with Crippen molar-refractivity contribution in [3.05, 3.63) is 120 Å². The molecule has 5 aromatic rings. The van der Waals surface area contributed by atoms with E-state index in [-0.39, 0.29) is 17.4 Å². The average molecular weight is 684 g/mol. The minimum Gasteiger partial charge on any atom is -0.497 e. The number of pyridine rings is 1. The highest BCUT2D eigenvalue weighted by atomic mass is 19.4. The van der Waals surface area contributed by atoms with Crippen molar-refractivity contribution in [2.45, 2.75) is 6.18 Å². The summed E-state index contributed by atoms with van der Waals surface area (Å²) in [5.41, 5.74) is 2.32. The standard InChI is InChI=1S/C38H36F3N5O4/c1-43(36(47)27-8-10-29(11-9-27)38(39,40)41)30-12-17-35(42-25-30)50-32-15-16-33-28(23-32)24-34(44(33)2)37(48)46-21-19-45(20-22-46)18-4-5-26-6-13-31(49-3)14-7-26/h4-17,23-25H,18-22H2,1-3H3. The summed E-state index contributed by atoms with van der Waals surface area (Å²) in [7, 11) is 5.04. The van der Waals surface area contributed by atoms with Crippen LogP contribution in [0.4, 0.5) is 18.9 Å². The van der Waals surface area contributed by atoms with E-state index in [4.69, 9.17) is 9.47 Å². The molecule has 0 radical (unpaired) electrons. The molecular weight excluding hydrogens is 647 g/mol. The van der Waals surface area contributed by atoms with Crippen molar-refractivity contribution < 1.29 is 32.2 Å². The number of nitrogens with zero attached hydrogens (tertiary/aromatic N) is 5. The maximum absolute atomic E-state index is 13.6. The van der Waals surface area contributed by atoms with Crippen molar-refractivity contribution in [2.24, 2.45) is 7.05 Å². The number of ether oxygens (including phenoxy) is 2. The summed E-state index contributed by atoms with van der Waals surface area (Å²) in [6, 6.07) is 22.6. The number of alkyl halides is 3. The van der Waals surface area contributed by atoms with Gasteiger partial charge < -0.3 is 23.8 Å². The Bertz CT molecular complexity index is 2000. The third kappa shape index (κ3) is 7.65. The second-order valence-corrected chi connectivity index (χ2v) is 12.0. The van der Waals surface area contributed by atoms with E-state index >= 15 is 0 Å². The number of hydrogen-bond acceptors (Lipinski definition) is 6. The summed E-state index contributed by atoms with van der Waals surface area (Å²) in [6.07, 6.45) is 1.20. The third-order valence-electron chi connectivity index (χ3n) is 8.78. The van der Waals surface area contributed by atoms with Crippen LogP contribution in [0.3, 0.4) is 0 Å². The summed E-state index contributed by atoms with van der Waals surface area (Å²) in [5.74, 6) is 1.13. The topological polar surface area (TPSA) is 80.1 Å². The Morgan fingerprint density at radius 1 is 0.900 bits per heavy atom. The van der Waals surface area contributed by atoms with Gasteiger partial charge in [0.15, 0.2) is 0 Å². The molecule has 2 amide bonds. The number of anilines is 1. The lowest BCUT2D eigenvalue weighted by Gasteiger charge is -2.34. The van der Waals surface area contributed by atoms with Crippen LogP contribution in [0.25, 0.3) is 17.0 Å². The molecule has 9 nitrogen and oxygen atoms in total. The van der Waals surface area contributed by atoms with Gasteiger partial charge in [0.1, 0.15) is 17.2 Å². The van der Waals surface area contributed by atoms with Crippen LogP contribution in [0.2, 0.25) is 0 Å². The van der Waals surface area contributed by atoms with E-state index in [1.165, 1.54) is 18.1 Å². The molecule has 0 atom stereocenters. The lowest BCUT2D eigenvalue weighted by Crippen LogP contribution is -2.48. The van der Waals surface area contributed by atoms with Gasteiger partial charge in [-0.2, -0.15) is 13.2 Å². The van der Waals surface area contributed by atoms with Crippen LogP contribution in [0.15, 0.2) is 97.2 Å².